The molecule has 2 heterocycles. The van der Waals surface area contributed by atoms with Crippen molar-refractivity contribution in [3.8, 4) is 0 Å². The summed E-state index contributed by atoms with van der Waals surface area (Å²) in [5.74, 6) is 0. The third-order valence-corrected chi connectivity index (χ3v) is 5.43. The molecular weight excluding hydrogens is 222 g/mol. The van der Waals surface area contributed by atoms with Gasteiger partial charge in [0.25, 0.3) is 0 Å². The van der Waals surface area contributed by atoms with E-state index in [1.807, 2.05) is 0 Å². The SMILES string of the molecule is CCC1(C)CN(C2CCN(C3CC3)C2)C(C)CN1. The molecule has 0 radical (unpaired) electrons. The number of piperazine rings is 1. The predicted molar refractivity (Wildman–Crippen MR) is 75.9 cm³/mol. The van der Waals surface area contributed by atoms with Gasteiger partial charge >= 0.3 is 0 Å². The van der Waals surface area contributed by atoms with Gasteiger partial charge in [0.05, 0.1) is 0 Å². The van der Waals surface area contributed by atoms with Gasteiger partial charge < -0.3 is 5.32 Å². The Hall–Kier alpha value is -0.120. The van der Waals surface area contributed by atoms with E-state index in [1.165, 1.54) is 45.3 Å². The second-order valence-corrected chi connectivity index (χ2v) is 6.99. The summed E-state index contributed by atoms with van der Waals surface area (Å²) in [6, 6.07) is 2.47. The largest absolute Gasteiger partial charge is 0.309 e. The molecule has 2 saturated heterocycles. The fourth-order valence-electron chi connectivity index (χ4n) is 3.66. The van der Waals surface area contributed by atoms with Gasteiger partial charge in [0.1, 0.15) is 0 Å². The molecular formula is C15H29N3. The van der Waals surface area contributed by atoms with E-state index in [1.54, 1.807) is 0 Å². The van der Waals surface area contributed by atoms with Crippen molar-refractivity contribution >= 4 is 0 Å². The fourth-order valence-corrected chi connectivity index (χ4v) is 3.66. The topological polar surface area (TPSA) is 18.5 Å². The molecule has 1 saturated carbocycles. The van der Waals surface area contributed by atoms with Crippen LogP contribution in [0.15, 0.2) is 0 Å². The van der Waals surface area contributed by atoms with Crippen molar-refractivity contribution in [2.24, 2.45) is 0 Å². The molecule has 3 rings (SSSR count). The Morgan fingerprint density at radius 3 is 2.67 bits per heavy atom. The molecule has 0 aromatic rings. The third kappa shape index (κ3) is 2.45. The van der Waals surface area contributed by atoms with Gasteiger partial charge in [-0.1, -0.05) is 6.92 Å². The van der Waals surface area contributed by atoms with Crippen molar-refractivity contribution in [1.82, 2.24) is 15.1 Å². The summed E-state index contributed by atoms with van der Waals surface area (Å²) >= 11 is 0. The lowest BCUT2D eigenvalue weighted by Crippen LogP contribution is -2.64. The molecule has 0 aromatic carbocycles. The zero-order valence-electron chi connectivity index (χ0n) is 12.3. The lowest BCUT2D eigenvalue weighted by Gasteiger charge is -2.47. The molecule has 0 spiro atoms. The first-order valence-corrected chi connectivity index (χ1v) is 7.86. The second kappa shape index (κ2) is 4.77. The van der Waals surface area contributed by atoms with Crippen molar-refractivity contribution in [1.29, 1.82) is 0 Å². The van der Waals surface area contributed by atoms with Crippen molar-refractivity contribution in [3.63, 3.8) is 0 Å². The average Bonchev–Trinajstić information content (AvgIpc) is 3.11. The van der Waals surface area contributed by atoms with Gasteiger partial charge in [-0.2, -0.15) is 0 Å². The average molecular weight is 251 g/mol. The first kappa shape index (κ1) is 12.9. The highest BCUT2D eigenvalue weighted by molar-refractivity contribution is 4.99. The zero-order chi connectivity index (χ0) is 12.8. The van der Waals surface area contributed by atoms with Gasteiger partial charge in [0.15, 0.2) is 0 Å². The molecule has 104 valence electrons. The van der Waals surface area contributed by atoms with E-state index >= 15 is 0 Å². The number of rotatable bonds is 3. The number of likely N-dealkylation sites (tertiary alicyclic amines) is 1. The summed E-state index contributed by atoms with van der Waals surface area (Å²) in [6.07, 6.45) is 5.53. The maximum Gasteiger partial charge on any atom is 0.0278 e. The van der Waals surface area contributed by atoms with E-state index in [0.717, 1.165) is 18.6 Å². The Balaban J connectivity index is 1.63. The minimum atomic E-state index is 0.333. The number of hydrogen-bond donors (Lipinski definition) is 1. The Kier molecular flexibility index (Phi) is 3.41. The van der Waals surface area contributed by atoms with Crippen molar-refractivity contribution in [2.75, 3.05) is 26.2 Å². The van der Waals surface area contributed by atoms with Crippen molar-refractivity contribution < 1.29 is 0 Å². The summed E-state index contributed by atoms with van der Waals surface area (Å²) < 4.78 is 0. The van der Waals surface area contributed by atoms with E-state index in [9.17, 15) is 0 Å². The Morgan fingerprint density at radius 2 is 2.00 bits per heavy atom. The van der Waals surface area contributed by atoms with Gasteiger partial charge in [-0.25, -0.2) is 0 Å². The maximum absolute atomic E-state index is 3.74. The lowest BCUT2D eigenvalue weighted by molar-refractivity contribution is 0.0559. The minimum absolute atomic E-state index is 0.333. The second-order valence-electron chi connectivity index (χ2n) is 6.99. The summed E-state index contributed by atoms with van der Waals surface area (Å²) in [6.45, 7) is 12.1. The predicted octanol–water partition coefficient (Wildman–Crippen LogP) is 1.69. The van der Waals surface area contributed by atoms with Crippen LogP contribution in [-0.4, -0.2) is 59.6 Å². The molecule has 3 fully saturated rings. The third-order valence-electron chi connectivity index (χ3n) is 5.43. The van der Waals surface area contributed by atoms with Gasteiger partial charge in [0.2, 0.25) is 0 Å². The van der Waals surface area contributed by atoms with E-state index in [-0.39, 0.29) is 0 Å². The van der Waals surface area contributed by atoms with Crippen LogP contribution in [0.5, 0.6) is 0 Å². The van der Waals surface area contributed by atoms with E-state index in [4.69, 9.17) is 0 Å². The smallest absolute Gasteiger partial charge is 0.0278 e. The molecule has 1 N–H and O–H groups in total. The first-order valence-electron chi connectivity index (χ1n) is 7.86. The molecule has 3 unspecified atom stereocenters. The van der Waals surface area contributed by atoms with Crippen LogP contribution in [0, 0.1) is 0 Å². The van der Waals surface area contributed by atoms with E-state index < -0.39 is 0 Å². The summed E-state index contributed by atoms with van der Waals surface area (Å²) in [7, 11) is 0. The quantitative estimate of drug-likeness (QED) is 0.823. The number of nitrogens with one attached hydrogen (secondary N) is 1. The lowest BCUT2D eigenvalue weighted by atomic mass is 9.92. The van der Waals surface area contributed by atoms with Crippen LogP contribution in [0.4, 0.5) is 0 Å². The van der Waals surface area contributed by atoms with Gasteiger partial charge in [0, 0.05) is 49.8 Å². The highest BCUT2D eigenvalue weighted by Crippen LogP contribution is 2.32. The molecule has 2 aliphatic heterocycles. The molecule has 3 aliphatic rings. The highest BCUT2D eigenvalue weighted by Gasteiger charge is 2.41. The van der Waals surface area contributed by atoms with E-state index in [2.05, 4.69) is 35.9 Å². The fraction of sp³-hybridized carbons (Fsp3) is 1.00. The number of hydrogen-bond acceptors (Lipinski definition) is 3. The Morgan fingerprint density at radius 1 is 1.22 bits per heavy atom. The zero-order valence-corrected chi connectivity index (χ0v) is 12.3. The van der Waals surface area contributed by atoms with Crippen molar-refractivity contribution in [3.05, 3.63) is 0 Å². The van der Waals surface area contributed by atoms with Crippen LogP contribution < -0.4 is 5.32 Å². The normalized spacial score (nSPS) is 43.5. The maximum atomic E-state index is 3.74. The van der Waals surface area contributed by atoms with E-state index in [0.29, 0.717) is 11.6 Å². The number of nitrogens with zero attached hydrogens (tertiary/aromatic N) is 2. The highest BCUT2D eigenvalue weighted by atomic mass is 15.3. The van der Waals surface area contributed by atoms with Crippen LogP contribution in [0.2, 0.25) is 0 Å². The molecule has 0 aromatic heterocycles. The molecule has 1 aliphatic carbocycles. The summed E-state index contributed by atoms with van der Waals surface area (Å²) in [4.78, 5) is 5.53. The molecule has 0 amide bonds. The van der Waals surface area contributed by atoms with Gasteiger partial charge in [-0.3, -0.25) is 9.80 Å². The monoisotopic (exact) mass is 251 g/mol. The van der Waals surface area contributed by atoms with Crippen LogP contribution in [0.25, 0.3) is 0 Å². The standard InChI is InChI=1S/C15H29N3/c1-4-15(3)11-18(12(2)9-16-15)14-7-8-17(10-14)13-5-6-13/h12-14,16H,4-11H2,1-3H3. The first-order chi connectivity index (χ1) is 8.61. The summed E-state index contributed by atoms with van der Waals surface area (Å²) in [5, 5.41) is 3.74. The molecule has 3 nitrogen and oxygen atoms in total. The summed E-state index contributed by atoms with van der Waals surface area (Å²) in [5.41, 5.74) is 0.333. The van der Waals surface area contributed by atoms with Crippen LogP contribution in [-0.2, 0) is 0 Å². The van der Waals surface area contributed by atoms with Crippen LogP contribution in [0.1, 0.15) is 46.5 Å². The molecule has 3 atom stereocenters. The Bertz CT molecular complexity index is 302. The minimum Gasteiger partial charge on any atom is -0.309 e. The van der Waals surface area contributed by atoms with Gasteiger partial charge in [-0.15, -0.1) is 0 Å². The van der Waals surface area contributed by atoms with Gasteiger partial charge in [-0.05, 0) is 39.5 Å². The van der Waals surface area contributed by atoms with Crippen molar-refractivity contribution in [2.45, 2.75) is 70.1 Å². The molecule has 3 heteroatoms. The van der Waals surface area contributed by atoms with Crippen LogP contribution >= 0.6 is 0 Å². The molecule has 18 heavy (non-hydrogen) atoms. The van der Waals surface area contributed by atoms with Crippen LogP contribution in [0.3, 0.4) is 0 Å². The molecule has 0 bridgehead atoms. The Labute approximate surface area is 112 Å².